The van der Waals surface area contributed by atoms with Crippen LogP contribution in [0.1, 0.15) is 19.4 Å². The number of nitrogens with zero attached hydrogens (tertiary/aromatic N) is 2. The monoisotopic (exact) mass is 251 g/mol. The van der Waals surface area contributed by atoms with Crippen molar-refractivity contribution in [3.63, 3.8) is 0 Å². The van der Waals surface area contributed by atoms with Gasteiger partial charge in [-0.15, -0.1) is 0 Å². The van der Waals surface area contributed by atoms with Crippen LogP contribution in [0.3, 0.4) is 0 Å². The Morgan fingerprint density at radius 1 is 1.47 bits per heavy atom. The summed E-state index contributed by atoms with van der Waals surface area (Å²) < 4.78 is 5.71. The van der Waals surface area contributed by atoms with Gasteiger partial charge in [-0.2, -0.15) is 0 Å². The fraction of sp³-hybridized carbons (Fsp3) is 0.500. The molecule has 1 fully saturated rings. The van der Waals surface area contributed by atoms with E-state index in [1.807, 2.05) is 12.3 Å². The number of anilines is 1. The minimum Gasteiger partial charge on any atom is -0.389 e. The molecular weight excluding hydrogens is 234 g/mol. The second-order valence-electron chi connectivity index (χ2n) is 4.42. The Balaban J connectivity index is 2.30. The molecule has 2 N–H and O–H groups in total. The van der Waals surface area contributed by atoms with E-state index >= 15 is 0 Å². The van der Waals surface area contributed by atoms with Gasteiger partial charge in [0.1, 0.15) is 4.99 Å². The zero-order valence-electron chi connectivity index (χ0n) is 10.1. The van der Waals surface area contributed by atoms with Gasteiger partial charge in [0.05, 0.1) is 24.1 Å². The Morgan fingerprint density at radius 2 is 2.12 bits per heavy atom. The number of morpholine rings is 1. The fourth-order valence-corrected chi connectivity index (χ4v) is 2.39. The molecule has 0 unspecified atom stereocenters. The van der Waals surface area contributed by atoms with Crippen LogP contribution in [-0.2, 0) is 4.74 Å². The Bertz CT molecular complexity index is 414. The Labute approximate surface area is 107 Å². The fourth-order valence-electron chi connectivity index (χ4n) is 2.22. The molecule has 0 amide bonds. The molecule has 0 bridgehead atoms. The lowest BCUT2D eigenvalue weighted by Gasteiger charge is -2.37. The molecular formula is C12H17N3OS. The molecule has 1 aliphatic rings. The first kappa shape index (κ1) is 12.3. The van der Waals surface area contributed by atoms with Gasteiger partial charge < -0.3 is 15.4 Å². The second kappa shape index (κ2) is 4.98. The van der Waals surface area contributed by atoms with Crippen molar-refractivity contribution in [3.8, 4) is 0 Å². The summed E-state index contributed by atoms with van der Waals surface area (Å²) in [5.41, 5.74) is 7.62. The lowest BCUT2D eigenvalue weighted by Crippen LogP contribution is -2.46. The van der Waals surface area contributed by atoms with Crippen LogP contribution >= 0.6 is 12.2 Å². The highest BCUT2D eigenvalue weighted by Crippen LogP contribution is 2.23. The van der Waals surface area contributed by atoms with Gasteiger partial charge in [0.15, 0.2) is 0 Å². The zero-order chi connectivity index (χ0) is 12.4. The van der Waals surface area contributed by atoms with E-state index in [9.17, 15) is 0 Å². The lowest BCUT2D eigenvalue weighted by atomic mass is 10.1. The Hall–Kier alpha value is -1.20. The van der Waals surface area contributed by atoms with Gasteiger partial charge in [-0.1, -0.05) is 12.2 Å². The molecule has 1 aliphatic heterocycles. The summed E-state index contributed by atoms with van der Waals surface area (Å²) >= 11 is 5.07. The molecule has 1 aromatic heterocycles. The molecule has 2 rings (SSSR count). The number of hydrogen-bond donors (Lipinski definition) is 1. The molecule has 0 spiro atoms. The number of hydrogen-bond acceptors (Lipinski definition) is 4. The van der Waals surface area contributed by atoms with Crippen molar-refractivity contribution in [2.45, 2.75) is 26.1 Å². The number of aromatic nitrogens is 1. The Kier molecular flexibility index (Phi) is 3.59. The molecule has 4 nitrogen and oxygen atoms in total. The Morgan fingerprint density at radius 3 is 2.71 bits per heavy atom. The molecule has 17 heavy (non-hydrogen) atoms. The van der Waals surface area contributed by atoms with Crippen LogP contribution in [-0.4, -0.2) is 35.3 Å². The number of ether oxygens (including phenoxy) is 1. The lowest BCUT2D eigenvalue weighted by molar-refractivity contribution is -0.00524. The van der Waals surface area contributed by atoms with E-state index in [-0.39, 0.29) is 12.2 Å². The molecule has 2 atom stereocenters. The third-order valence-electron chi connectivity index (χ3n) is 2.83. The quantitative estimate of drug-likeness (QED) is 0.804. The standard InChI is InChI=1S/C12H17N3OS/c1-8-6-15(7-9(2)16-8)11-5-14-4-3-10(11)12(13)17/h3-5,8-9H,6-7H2,1-2H3,(H2,13,17)/t8-,9+. The maximum absolute atomic E-state index is 5.74. The average molecular weight is 251 g/mol. The predicted octanol–water partition coefficient (Wildman–Crippen LogP) is 1.33. The van der Waals surface area contributed by atoms with Crippen molar-refractivity contribution in [1.29, 1.82) is 0 Å². The minimum absolute atomic E-state index is 0.207. The van der Waals surface area contributed by atoms with E-state index in [1.165, 1.54) is 0 Å². The van der Waals surface area contributed by atoms with Gasteiger partial charge in [-0.3, -0.25) is 4.98 Å². The third-order valence-corrected chi connectivity index (χ3v) is 3.05. The summed E-state index contributed by atoms with van der Waals surface area (Å²) in [7, 11) is 0. The van der Waals surface area contributed by atoms with Gasteiger partial charge in [0.25, 0.3) is 0 Å². The van der Waals surface area contributed by atoms with Crippen LogP contribution in [0.15, 0.2) is 18.5 Å². The summed E-state index contributed by atoms with van der Waals surface area (Å²) in [4.78, 5) is 6.80. The number of nitrogens with two attached hydrogens (primary N) is 1. The third kappa shape index (κ3) is 2.73. The normalized spacial score (nSPS) is 24.7. The van der Waals surface area contributed by atoms with Crippen molar-refractivity contribution >= 4 is 22.9 Å². The highest BCUT2D eigenvalue weighted by molar-refractivity contribution is 7.80. The molecule has 0 aromatic carbocycles. The van der Waals surface area contributed by atoms with Gasteiger partial charge in [-0.25, -0.2) is 0 Å². The van der Waals surface area contributed by atoms with E-state index in [0.29, 0.717) is 4.99 Å². The van der Waals surface area contributed by atoms with Crippen LogP contribution in [0.5, 0.6) is 0 Å². The smallest absolute Gasteiger partial charge is 0.106 e. The van der Waals surface area contributed by atoms with E-state index < -0.39 is 0 Å². The van der Waals surface area contributed by atoms with E-state index in [4.69, 9.17) is 22.7 Å². The second-order valence-corrected chi connectivity index (χ2v) is 4.86. The number of pyridine rings is 1. The molecule has 1 aromatic rings. The first-order valence-electron chi connectivity index (χ1n) is 5.72. The summed E-state index contributed by atoms with van der Waals surface area (Å²) in [5, 5.41) is 0. The van der Waals surface area contributed by atoms with Gasteiger partial charge in [0, 0.05) is 24.8 Å². The maximum Gasteiger partial charge on any atom is 0.106 e. The van der Waals surface area contributed by atoms with Gasteiger partial charge >= 0.3 is 0 Å². The van der Waals surface area contributed by atoms with Crippen LogP contribution in [0.4, 0.5) is 5.69 Å². The van der Waals surface area contributed by atoms with Crippen LogP contribution in [0, 0.1) is 0 Å². The molecule has 0 aliphatic carbocycles. The topological polar surface area (TPSA) is 51.4 Å². The minimum atomic E-state index is 0.207. The van der Waals surface area contributed by atoms with Crippen LogP contribution in [0.25, 0.3) is 0 Å². The van der Waals surface area contributed by atoms with Crippen molar-refractivity contribution in [2.75, 3.05) is 18.0 Å². The first-order chi connectivity index (χ1) is 8.08. The number of rotatable bonds is 2. The predicted molar refractivity (Wildman–Crippen MR) is 72.3 cm³/mol. The summed E-state index contributed by atoms with van der Waals surface area (Å²) in [6.45, 7) is 5.82. The zero-order valence-corrected chi connectivity index (χ0v) is 10.9. The van der Waals surface area contributed by atoms with Crippen molar-refractivity contribution in [1.82, 2.24) is 4.98 Å². The van der Waals surface area contributed by atoms with Gasteiger partial charge in [-0.05, 0) is 19.9 Å². The SMILES string of the molecule is C[C@@H]1CN(c2cnccc2C(N)=S)C[C@H](C)O1. The molecule has 1 saturated heterocycles. The van der Waals surface area contributed by atoms with Crippen molar-refractivity contribution < 1.29 is 4.74 Å². The summed E-state index contributed by atoms with van der Waals surface area (Å²) in [5.74, 6) is 0. The van der Waals surface area contributed by atoms with E-state index in [1.54, 1.807) is 6.20 Å². The van der Waals surface area contributed by atoms with Crippen molar-refractivity contribution in [2.24, 2.45) is 5.73 Å². The van der Waals surface area contributed by atoms with Crippen LogP contribution < -0.4 is 10.6 Å². The van der Waals surface area contributed by atoms with Crippen LogP contribution in [0.2, 0.25) is 0 Å². The number of thiocarbonyl (C=S) groups is 1. The molecule has 0 radical (unpaired) electrons. The highest BCUT2D eigenvalue weighted by atomic mass is 32.1. The summed E-state index contributed by atoms with van der Waals surface area (Å²) in [6, 6.07) is 1.86. The van der Waals surface area contributed by atoms with E-state index in [2.05, 4.69) is 23.7 Å². The summed E-state index contributed by atoms with van der Waals surface area (Å²) in [6.07, 6.45) is 3.95. The largest absolute Gasteiger partial charge is 0.389 e. The molecule has 0 saturated carbocycles. The van der Waals surface area contributed by atoms with Gasteiger partial charge in [0.2, 0.25) is 0 Å². The molecule has 5 heteroatoms. The average Bonchev–Trinajstić information content (AvgIpc) is 2.27. The molecule has 2 heterocycles. The first-order valence-corrected chi connectivity index (χ1v) is 6.13. The van der Waals surface area contributed by atoms with Crippen molar-refractivity contribution in [3.05, 3.63) is 24.0 Å². The maximum atomic E-state index is 5.74. The molecule has 92 valence electrons. The van der Waals surface area contributed by atoms with E-state index in [0.717, 1.165) is 24.3 Å². The highest BCUT2D eigenvalue weighted by Gasteiger charge is 2.24.